The van der Waals surface area contributed by atoms with Crippen molar-refractivity contribution < 1.29 is 20.4 Å². The molecule has 0 saturated heterocycles. The third-order valence-corrected chi connectivity index (χ3v) is 12.4. The second-order valence-electron chi connectivity index (χ2n) is 18.1. The molecule has 59 heavy (non-hydrogen) atoms. The van der Waals surface area contributed by atoms with Gasteiger partial charge in [-0.3, -0.25) is 9.98 Å². The van der Waals surface area contributed by atoms with Gasteiger partial charge in [-0.2, -0.15) is 0 Å². The minimum Gasteiger partial charge on any atom is -0.252 e. The monoisotopic (exact) mass is 903 g/mol. The Morgan fingerprint density at radius 3 is 0.847 bits per heavy atom. The van der Waals surface area contributed by atoms with Crippen LogP contribution in [0.4, 0.5) is 11.4 Å². The van der Waals surface area contributed by atoms with Crippen molar-refractivity contribution in [3.63, 3.8) is 0 Å². The van der Waals surface area contributed by atoms with Crippen molar-refractivity contribution in [1.29, 1.82) is 0 Å². The summed E-state index contributed by atoms with van der Waals surface area (Å²) in [7, 11) is 0. The topological polar surface area (TPSA) is 24.7 Å². The van der Waals surface area contributed by atoms with Gasteiger partial charge >= 0.3 is 0 Å². The van der Waals surface area contributed by atoms with E-state index in [1.54, 1.807) is 0 Å². The van der Waals surface area contributed by atoms with Crippen LogP contribution in [-0.4, -0.2) is 11.4 Å². The fraction of sp³-hybridized carbons (Fsp3) is 0.750. The van der Waals surface area contributed by atoms with Gasteiger partial charge in [0.05, 0.1) is 22.8 Å². The number of rotatable bonds is 41. The van der Waals surface area contributed by atoms with Gasteiger partial charge in [-0.05, 0) is 86.8 Å². The van der Waals surface area contributed by atoms with Crippen molar-refractivity contribution in [3.05, 3.63) is 59.7 Å². The van der Waals surface area contributed by atoms with Crippen LogP contribution < -0.4 is 0 Å². The smallest absolute Gasteiger partial charge is 0.0636 e. The van der Waals surface area contributed by atoms with Gasteiger partial charge in [0.15, 0.2) is 0 Å². The molecule has 0 atom stereocenters. The summed E-state index contributed by atoms with van der Waals surface area (Å²) in [5.41, 5.74) is 7.49. The van der Waals surface area contributed by atoms with E-state index in [0.29, 0.717) is 0 Å². The fourth-order valence-electron chi connectivity index (χ4n) is 8.49. The minimum absolute atomic E-state index is 0. The number of nitrogens with zero attached hydrogens (tertiary/aromatic N) is 2. The molecule has 0 radical (unpaired) electrons. The van der Waals surface area contributed by atoms with E-state index in [4.69, 9.17) is 9.98 Å². The molecule has 0 unspecified atom stereocenters. The van der Waals surface area contributed by atoms with Gasteiger partial charge in [-0.1, -0.05) is 245 Å². The summed E-state index contributed by atoms with van der Waals surface area (Å²) < 4.78 is 0. The maximum absolute atomic E-state index is 5.36. The summed E-state index contributed by atoms with van der Waals surface area (Å²) in [5.74, 6) is 0. The van der Waals surface area contributed by atoms with Crippen LogP contribution in [0.1, 0.15) is 270 Å². The normalized spacial score (nSPS) is 12.0. The molecule has 3 heteroatoms. The molecule has 0 spiro atoms. The van der Waals surface area contributed by atoms with Crippen LogP contribution in [0, 0.1) is 0 Å². The summed E-state index contributed by atoms with van der Waals surface area (Å²) in [6, 6.07) is 18.2. The third kappa shape index (κ3) is 31.9. The first-order valence-electron chi connectivity index (χ1n) is 26.0. The first-order valence-corrected chi connectivity index (χ1v) is 26.0. The van der Waals surface area contributed by atoms with E-state index in [2.05, 4.69) is 76.2 Å². The Hall–Kier alpha value is -1.56. The predicted molar refractivity (Wildman–Crippen MR) is 263 cm³/mol. The molecule has 0 aliphatic heterocycles. The van der Waals surface area contributed by atoms with E-state index in [-0.39, 0.29) is 20.4 Å². The van der Waals surface area contributed by atoms with E-state index in [0.717, 1.165) is 49.9 Å². The Bertz CT molecular complexity index is 1170. The predicted octanol–water partition coefficient (Wildman–Crippen LogP) is 19.7. The molecular weight excluding hydrogens is 807 g/mol. The molecule has 340 valence electrons. The summed E-state index contributed by atoms with van der Waals surface area (Å²) in [5, 5.41) is 0. The Morgan fingerprint density at radius 1 is 0.322 bits per heavy atom. The zero-order valence-corrected chi connectivity index (χ0v) is 41.3. The van der Waals surface area contributed by atoms with E-state index < -0.39 is 0 Å². The maximum Gasteiger partial charge on any atom is 0.0636 e. The number of aliphatic imine (C=N–C) groups is 2. The van der Waals surface area contributed by atoms with Crippen LogP contribution in [-0.2, 0) is 33.3 Å². The third-order valence-electron chi connectivity index (χ3n) is 12.4. The van der Waals surface area contributed by atoms with Gasteiger partial charge < -0.3 is 0 Å². The van der Waals surface area contributed by atoms with E-state index in [1.165, 1.54) is 228 Å². The van der Waals surface area contributed by atoms with Crippen LogP contribution in [0.15, 0.2) is 58.5 Å². The van der Waals surface area contributed by atoms with Crippen molar-refractivity contribution in [1.82, 2.24) is 0 Å². The van der Waals surface area contributed by atoms with E-state index >= 15 is 0 Å². The summed E-state index contributed by atoms with van der Waals surface area (Å²) in [4.78, 5) is 10.7. The van der Waals surface area contributed by atoms with Gasteiger partial charge in [0, 0.05) is 20.4 Å². The Labute approximate surface area is 382 Å². The van der Waals surface area contributed by atoms with Gasteiger partial charge in [-0.15, -0.1) is 0 Å². The standard InChI is InChI=1S/C56H96N2.Pd/c1-5-9-13-15-17-19-21-23-25-27-29-31-33-35-37-41-51-43-39-45-53(49-51)57-55(47-11-7-3)56(48-12-8-4)58-54-46-40-44-52(50-54)42-38-36-34-32-30-28-26-24-22-20-18-16-14-10-6-2;/h39-40,43-46,49-50H,5-38,41-42,47-48H2,1-4H3;. The summed E-state index contributed by atoms with van der Waals surface area (Å²) in [6.07, 6.45) is 51.4. The summed E-state index contributed by atoms with van der Waals surface area (Å²) >= 11 is 0. The molecular formula is C56H96N2Pd. The first-order chi connectivity index (χ1) is 28.7. The molecule has 0 aliphatic rings. The van der Waals surface area contributed by atoms with Crippen LogP contribution >= 0.6 is 0 Å². The van der Waals surface area contributed by atoms with E-state index in [9.17, 15) is 0 Å². The molecule has 0 bridgehead atoms. The molecule has 0 heterocycles. The number of hydrogen-bond donors (Lipinski definition) is 0. The minimum atomic E-state index is 0. The van der Waals surface area contributed by atoms with Gasteiger partial charge in [0.25, 0.3) is 0 Å². The van der Waals surface area contributed by atoms with Crippen LogP contribution in [0.3, 0.4) is 0 Å². The average Bonchev–Trinajstić information content (AvgIpc) is 3.24. The number of unbranched alkanes of at least 4 members (excludes halogenated alkanes) is 30. The SMILES string of the molecule is CCCCCCCCCCCCCCCCCc1cccc(N=C(CCCC)C(CCCC)=Nc2cccc(CCCCCCCCCCCCCCCCC)c2)c1.[Pd]. The molecule has 2 aromatic carbocycles. The first kappa shape index (κ1) is 55.5. The molecule has 0 aromatic heterocycles. The van der Waals surface area contributed by atoms with Crippen molar-refractivity contribution in [2.45, 2.75) is 272 Å². The van der Waals surface area contributed by atoms with Gasteiger partial charge in [-0.25, -0.2) is 0 Å². The molecule has 0 fully saturated rings. The summed E-state index contributed by atoms with van der Waals surface area (Å²) in [6.45, 7) is 9.19. The van der Waals surface area contributed by atoms with E-state index in [1.807, 2.05) is 0 Å². The molecule has 2 aromatic rings. The van der Waals surface area contributed by atoms with Crippen molar-refractivity contribution in [2.24, 2.45) is 9.98 Å². The molecule has 0 saturated carbocycles. The van der Waals surface area contributed by atoms with Crippen LogP contribution in [0.5, 0.6) is 0 Å². The quantitative estimate of drug-likeness (QED) is 0.0361. The molecule has 0 amide bonds. The molecule has 2 rings (SSSR count). The van der Waals surface area contributed by atoms with Gasteiger partial charge in [0.1, 0.15) is 0 Å². The van der Waals surface area contributed by atoms with Crippen LogP contribution in [0.2, 0.25) is 0 Å². The zero-order chi connectivity index (χ0) is 41.4. The van der Waals surface area contributed by atoms with Crippen LogP contribution in [0.25, 0.3) is 0 Å². The zero-order valence-electron chi connectivity index (χ0n) is 39.7. The molecule has 2 nitrogen and oxygen atoms in total. The second kappa shape index (κ2) is 41.8. The Morgan fingerprint density at radius 2 is 0.576 bits per heavy atom. The fourth-order valence-corrected chi connectivity index (χ4v) is 8.49. The van der Waals surface area contributed by atoms with Crippen molar-refractivity contribution >= 4 is 22.8 Å². The number of aryl methyl sites for hydroxylation is 2. The second-order valence-corrected chi connectivity index (χ2v) is 18.1. The van der Waals surface area contributed by atoms with Gasteiger partial charge in [0.2, 0.25) is 0 Å². The Balaban J connectivity index is 0.0000174. The molecule has 0 N–H and O–H groups in total. The van der Waals surface area contributed by atoms with Crippen molar-refractivity contribution in [2.75, 3.05) is 0 Å². The molecule has 0 aliphatic carbocycles. The largest absolute Gasteiger partial charge is 0.252 e. The Kier molecular flexibility index (Phi) is 39.3. The average molecular weight is 904 g/mol. The van der Waals surface area contributed by atoms with Crippen molar-refractivity contribution in [3.8, 4) is 0 Å². The number of hydrogen-bond acceptors (Lipinski definition) is 2. The maximum atomic E-state index is 5.36. The number of benzene rings is 2.